The highest BCUT2D eigenvalue weighted by atomic mass is 16.1. The Hall–Kier alpha value is -1.71. The molecule has 1 aliphatic carbocycles. The van der Waals surface area contributed by atoms with Gasteiger partial charge in [-0.3, -0.25) is 4.79 Å². The van der Waals surface area contributed by atoms with Gasteiger partial charge in [-0.2, -0.15) is 0 Å². The number of hydrogen-bond donors (Lipinski definition) is 3. The van der Waals surface area contributed by atoms with Crippen LogP contribution in [0.4, 0.5) is 11.4 Å². The highest BCUT2D eigenvalue weighted by molar-refractivity contribution is 6.00. The van der Waals surface area contributed by atoms with Crippen molar-refractivity contribution in [2.45, 2.75) is 45.1 Å². The number of nitrogens with two attached hydrogens (primary N) is 1. The molecule has 2 rings (SSSR count). The predicted octanol–water partition coefficient (Wildman–Crippen LogP) is 3.01. The van der Waals surface area contributed by atoms with Crippen LogP contribution >= 0.6 is 0 Å². The molecule has 0 heterocycles. The van der Waals surface area contributed by atoms with Gasteiger partial charge in [-0.15, -0.1) is 0 Å². The molecule has 0 spiro atoms. The molecule has 1 fully saturated rings. The molecule has 0 bridgehead atoms. The maximum atomic E-state index is 11.9. The summed E-state index contributed by atoms with van der Waals surface area (Å²) in [5, 5.41) is 6.17. The van der Waals surface area contributed by atoms with Crippen molar-refractivity contribution in [1.29, 1.82) is 0 Å². The van der Waals surface area contributed by atoms with Crippen molar-refractivity contribution in [3.05, 3.63) is 23.8 Å². The van der Waals surface area contributed by atoms with Gasteiger partial charge in [0.1, 0.15) is 0 Å². The minimum atomic E-state index is -0.0802. The first kappa shape index (κ1) is 14.7. The van der Waals surface area contributed by atoms with Crippen molar-refractivity contribution in [3.63, 3.8) is 0 Å². The Bertz CT molecular complexity index is 467. The Morgan fingerprint density at radius 2 is 2.00 bits per heavy atom. The molecule has 1 unspecified atom stereocenters. The maximum absolute atomic E-state index is 11.9. The fraction of sp³-hybridized carbons (Fsp3) is 0.562. The number of carbonyl (C=O) groups is 1. The average Bonchev–Trinajstić information content (AvgIpc) is 2.47. The normalized spacial score (nSPS) is 17.5. The van der Waals surface area contributed by atoms with Crippen LogP contribution in [0, 0.1) is 5.92 Å². The summed E-state index contributed by atoms with van der Waals surface area (Å²) in [6.45, 7) is 2.20. The molecule has 0 radical (unpaired) electrons. The van der Waals surface area contributed by atoms with E-state index in [0.29, 0.717) is 23.2 Å². The zero-order valence-corrected chi connectivity index (χ0v) is 12.4. The largest absolute Gasteiger partial charge is 0.399 e. The summed E-state index contributed by atoms with van der Waals surface area (Å²) in [6, 6.07) is 5.76. The standard InChI is InChI=1S/C16H25N3O/c1-11(12-6-4-3-5-7-12)19-15-10-13(17)8-9-14(15)16(20)18-2/h8-12,19H,3-7,17H2,1-2H3,(H,18,20). The number of rotatable bonds is 4. The second-order valence-corrected chi connectivity index (χ2v) is 5.72. The second-order valence-electron chi connectivity index (χ2n) is 5.72. The van der Waals surface area contributed by atoms with Gasteiger partial charge in [0.05, 0.1) is 5.56 Å². The Labute approximate surface area is 121 Å². The molecule has 4 heteroatoms. The van der Waals surface area contributed by atoms with Gasteiger partial charge in [-0.25, -0.2) is 0 Å². The van der Waals surface area contributed by atoms with E-state index in [1.165, 1.54) is 32.1 Å². The lowest BCUT2D eigenvalue weighted by Gasteiger charge is -2.29. The molecule has 1 atom stereocenters. The third-order valence-corrected chi connectivity index (χ3v) is 4.26. The van der Waals surface area contributed by atoms with Gasteiger partial charge in [0.15, 0.2) is 0 Å². The van der Waals surface area contributed by atoms with E-state index >= 15 is 0 Å². The van der Waals surface area contributed by atoms with E-state index in [0.717, 1.165) is 5.69 Å². The topological polar surface area (TPSA) is 67.2 Å². The Morgan fingerprint density at radius 3 is 2.65 bits per heavy atom. The summed E-state index contributed by atoms with van der Waals surface area (Å²) in [6.07, 6.45) is 6.52. The van der Waals surface area contributed by atoms with Crippen LogP contribution in [0.25, 0.3) is 0 Å². The quantitative estimate of drug-likeness (QED) is 0.740. The number of nitrogen functional groups attached to an aromatic ring is 1. The zero-order chi connectivity index (χ0) is 14.5. The van der Waals surface area contributed by atoms with Crippen LogP contribution in [0.1, 0.15) is 49.4 Å². The SMILES string of the molecule is CNC(=O)c1ccc(N)cc1NC(C)C1CCCCC1. The molecular weight excluding hydrogens is 250 g/mol. The summed E-state index contributed by atoms with van der Waals surface area (Å²) in [4.78, 5) is 11.9. The summed E-state index contributed by atoms with van der Waals surface area (Å²) < 4.78 is 0. The summed E-state index contributed by atoms with van der Waals surface area (Å²) in [5.74, 6) is 0.603. The number of benzene rings is 1. The van der Waals surface area contributed by atoms with Crippen molar-refractivity contribution in [3.8, 4) is 0 Å². The third kappa shape index (κ3) is 3.44. The minimum Gasteiger partial charge on any atom is -0.399 e. The molecule has 1 saturated carbocycles. The molecule has 4 N–H and O–H groups in total. The van der Waals surface area contributed by atoms with Gasteiger partial charge in [-0.1, -0.05) is 19.3 Å². The molecule has 110 valence electrons. The summed E-state index contributed by atoms with van der Waals surface area (Å²) >= 11 is 0. The average molecular weight is 275 g/mol. The molecule has 4 nitrogen and oxygen atoms in total. The molecule has 1 amide bonds. The summed E-state index contributed by atoms with van der Waals surface area (Å²) in [5.41, 5.74) is 8.02. The van der Waals surface area contributed by atoms with Crippen molar-refractivity contribution in [1.82, 2.24) is 5.32 Å². The summed E-state index contributed by atoms with van der Waals surface area (Å²) in [7, 11) is 1.65. The van der Waals surface area contributed by atoms with Gasteiger partial charge in [0.25, 0.3) is 5.91 Å². The van der Waals surface area contributed by atoms with Crippen LogP contribution in [-0.4, -0.2) is 19.0 Å². The Morgan fingerprint density at radius 1 is 1.30 bits per heavy atom. The molecule has 0 aliphatic heterocycles. The van der Waals surface area contributed by atoms with Gasteiger partial charge in [0.2, 0.25) is 0 Å². The van der Waals surface area contributed by atoms with Gasteiger partial charge >= 0.3 is 0 Å². The molecule has 1 aliphatic rings. The Balaban J connectivity index is 2.14. The number of anilines is 2. The molecule has 0 aromatic heterocycles. The highest BCUT2D eigenvalue weighted by Crippen LogP contribution is 2.29. The van der Waals surface area contributed by atoms with E-state index in [1.807, 2.05) is 6.07 Å². The molecule has 20 heavy (non-hydrogen) atoms. The van der Waals surface area contributed by atoms with E-state index < -0.39 is 0 Å². The van der Waals surface area contributed by atoms with Crippen LogP contribution in [0.2, 0.25) is 0 Å². The van der Waals surface area contributed by atoms with E-state index in [1.54, 1.807) is 19.2 Å². The van der Waals surface area contributed by atoms with Gasteiger partial charge in [-0.05, 0) is 43.9 Å². The van der Waals surface area contributed by atoms with E-state index in [-0.39, 0.29) is 5.91 Å². The van der Waals surface area contributed by atoms with Gasteiger partial charge < -0.3 is 16.4 Å². The first-order chi connectivity index (χ1) is 9.61. The Kier molecular flexibility index (Phi) is 4.88. The number of hydrogen-bond acceptors (Lipinski definition) is 3. The fourth-order valence-corrected chi connectivity index (χ4v) is 3.01. The first-order valence-electron chi connectivity index (χ1n) is 7.50. The lowest BCUT2D eigenvalue weighted by molar-refractivity contribution is 0.0964. The fourth-order valence-electron chi connectivity index (χ4n) is 3.01. The number of nitrogens with one attached hydrogen (secondary N) is 2. The van der Waals surface area contributed by atoms with Gasteiger partial charge in [0, 0.05) is 24.5 Å². The third-order valence-electron chi connectivity index (χ3n) is 4.26. The second kappa shape index (κ2) is 6.64. The van der Waals surface area contributed by atoms with Crippen molar-refractivity contribution >= 4 is 17.3 Å². The smallest absolute Gasteiger partial charge is 0.253 e. The lowest BCUT2D eigenvalue weighted by atomic mass is 9.84. The molecule has 1 aromatic carbocycles. The van der Waals surface area contributed by atoms with Crippen LogP contribution < -0.4 is 16.4 Å². The first-order valence-corrected chi connectivity index (χ1v) is 7.50. The van der Waals surface area contributed by atoms with Crippen LogP contribution in [-0.2, 0) is 0 Å². The molecule has 1 aromatic rings. The van der Waals surface area contributed by atoms with Crippen LogP contribution in [0.3, 0.4) is 0 Å². The predicted molar refractivity (Wildman–Crippen MR) is 83.9 cm³/mol. The highest BCUT2D eigenvalue weighted by Gasteiger charge is 2.21. The monoisotopic (exact) mass is 275 g/mol. The van der Waals surface area contributed by atoms with E-state index in [9.17, 15) is 4.79 Å². The van der Waals surface area contributed by atoms with Crippen LogP contribution in [0.5, 0.6) is 0 Å². The van der Waals surface area contributed by atoms with E-state index in [2.05, 4.69) is 17.6 Å². The number of amides is 1. The minimum absolute atomic E-state index is 0.0802. The van der Waals surface area contributed by atoms with E-state index in [4.69, 9.17) is 5.73 Å². The maximum Gasteiger partial charge on any atom is 0.253 e. The zero-order valence-electron chi connectivity index (χ0n) is 12.4. The van der Waals surface area contributed by atoms with Crippen molar-refractivity contribution in [2.75, 3.05) is 18.1 Å². The molecule has 0 saturated heterocycles. The van der Waals surface area contributed by atoms with Crippen LogP contribution in [0.15, 0.2) is 18.2 Å². The van der Waals surface area contributed by atoms with Crippen molar-refractivity contribution < 1.29 is 4.79 Å². The van der Waals surface area contributed by atoms with Crippen molar-refractivity contribution in [2.24, 2.45) is 5.92 Å². The lowest BCUT2D eigenvalue weighted by Crippen LogP contribution is -2.29. The molecular formula is C16H25N3O. The number of carbonyl (C=O) groups excluding carboxylic acids is 1.